The van der Waals surface area contributed by atoms with E-state index in [9.17, 15) is 4.79 Å². The summed E-state index contributed by atoms with van der Waals surface area (Å²) in [6.45, 7) is 7.62. The molecule has 4 heteroatoms. The molecule has 2 rings (SSSR count). The zero-order valence-corrected chi connectivity index (χ0v) is 11.4. The molecule has 18 heavy (non-hydrogen) atoms. The normalized spacial score (nSPS) is 20.1. The lowest BCUT2D eigenvalue weighted by atomic mass is 9.90. The number of amides is 1. The van der Waals surface area contributed by atoms with Crippen LogP contribution in [0, 0.1) is 6.92 Å². The minimum absolute atomic E-state index is 0.0147. The van der Waals surface area contributed by atoms with Gasteiger partial charge in [0.25, 0.3) is 0 Å². The van der Waals surface area contributed by atoms with Crippen LogP contribution in [-0.4, -0.2) is 25.0 Å². The molecule has 1 aliphatic heterocycles. The Bertz CT molecular complexity index is 417. The van der Waals surface area contributed by atoms with Gasteiger partial charge in [-0.2, -0.15) is 0 Å². The second-order valence-electron chi connectivity index (χ2n) is 5.66. The highest BCUT2D eigenvalue weighted by molar-refractivity contribution is 5.82. The van der Waals surface area contributed by atoms with E-state index in [1.165, 1.54) is 0 Å². The third-order valence-electron chi connectivity index (χ3n) is 3.49. The van der Waals surface area contributed by atoms with Crippen LogP contribution < -0.4 is 10.6 Å². The molecule has 0 bridgehead atoms. The number of aryl methyl sites for hydroxylation is 1. The van der Waals surface area contributed by atoms with Crippen molar-refractivity contribution in [1.82, 2.24) is 10.6 Å². The first-order valence-corrected chi connectivity index (χ1v) is 6.57. The molecule has 1 aliphatic rings. The van der Waals surface area contributed by atoms with E-state index in [4.69, 9.17) is 4.42 Å². The lowest BCUT2D eigenvalue weighted by molar-refractivity contribution is -0.123. The average molecular weight is 250 g/mol. The van der Waals surface area contributed by atoms with E-state index < -0.39 is 0 Å². The molecule has 0 aliphatic carbocycles. The molecule has 1 saturated heterocycles. The topological polar surface area (TPSA) is 54.3 Å². The SMILES string of the molecule is Cc1ccc(C(C)(C)CNC(=O)C2CCCN2)o1. The highest BCUT2D eigenvalue weighted by Gasteiger charge is 2.27. The summed E-state index contributed by atoms with van der Waals surface area (Å²) in [5, 5.41) is 6.21. The van der Waals surface area contributed by atoms with Crippen LogP contribution in [0.3, 0.4) is 0 Å². The van der Waals surface area contributed by atoms with Gasteiger partial charge >= 0.3 is 0 Å². The van der Waals surface area contributed by atoms with Crippen molar-refractivity contribution in [3.05, 3.63) is 23.7 Å². The fourth-order valence-electron chi connectivity index (χ4n) is 2.22. The minimum Gasteiger partial charge on any atom is -0.466 e. The van der Waals surface area contributed by atoms with E-state index in [0.29, 0.717) is 6.54 Å². The van der Waals surface area contributed by atoms with E-state index >= 15 is 0 Å². The predicted molar refractivity (Wildman–Crippen MR) is 70.5 cm³/mol. The molecule has 0 saturated carbocycles. The van der Waals surface area contributed by atoms with Gasteiger partial charge in [0.05, 0.1) is 6.04 Å². The second kappa shape index (κ2) is 5.14. The predicted octanol–water partition coefficient (Wildman–Crippen LogP) is 1.73. The summed E-state index contributed by atoms with van der Waals surface area (Å²) in [7, 11) is 0. The molecular formula is C14H22N2O2. The molecule has 0 radical (unpaired) electrons. The first kappa shape index (κ1) is 13.1. The Balaban J connectivity index is 1.90. The van der Waals surface area contributed by atoms with Crippen molar-refractivity contribution in [2.75, 3.05) is 13.1 Å². The Labute approximate surface area is 108 Å². The monoisotopic (exact) mass is 250 g/mol. The van der Waals surface area contributed by atoms with Crippen molar-refractivity contribution < 1.29 is 9.21 Å². The molecule has 1 fully saturated rings. The summed E-state index contributed by atoms with van der Waals surface area (Å²) in [5.74, 6) is 1.92. The van der Waals surface area contributed by atoms with Gasteiger partial charge in [0.15, 0.2) is 0 Å². The zero-order valence-electron chi connectivity index (χ0n) is 11.4. The van der Waals surface area contributed by atoms with Gasteiger partial charge in [-0.05, 0) is 38.4 Å². The lowest BCUT2D eigenvalue weighted by Gasteiger charge is -2.23. The standard InChI is InChI=1S/C14H22N2O2/c1-10-6-7-12(18-10)14(2,3)9-16-13(17)11-5-4-8-15-11/h6-7,11,15H,4-5,8-9H2,1-3H3,(H,16,17). The van der Waals surface area contributed by atoms with Gasteiger partial charge in [0.2, 0.25) is 5.91 Å². The number of furan rings is 1. The van der Waals surface area contributed by atoms with Crippen molar-refractivity contribution in [3.8, 4) is 0 Å². The number of nitrogens with one attached hydrogen (secondary N) is 2. The van der Waals surface area contributed by atoms with Crippen molar-refractivity contribution in [3.63, 3.8) is 0 Å². The van der Waals surface area contributed by atoms with Crippen molar-refractivity contribution in [2.45, 2.75) is 45.1 Å². The van der Waals surface area contributed by atoms with Crippen LogP contribution in [0.4, 0.5) is 0 Å². The van der Waals surface area contributed by atoms with Gasteiger partial charge in [-0.1, -0.05) is 13.8 Å². The maximum Gasteiger partial charge on any atom is 0.237 e. The Morgan fingerprint density at radius 1 is 1.56 bits per heavy atom. The van der Waals surface area contributed by atoms with Crippen LogP contribution in [0.25, 0.3) is 0 Å². The van der Waals surface area contributed by atoms with Crippen LogP contribution in [0.15, 0.2) is 16.5 Å². The van der Waals surface area contributed by atoms with E-state index in [2.05, 4.69) is 24.5 Å². The Kier molecular flexibility index (Phi) is 3.76. The highest BCUT2D eigenvalue weighted by atomic mass is 16.3. The van der Waals surface area contributed by atoms with Crippen LogP contribution in [0.2, 0.25) is 0 Å². The maximum absolute atomic E-state index is 11.9. The third-order valence-corrected chi connectivity index (χ3v) is 3.49. The van der Waals surface area contributed by atoms with Gasteiger partial charge < -0.3 is 15.1 Å². The van der Waals surface area contributed by atoms with Gasteiger partial charge in [0, 0.05) is 12.0 Å². The molecule has 1 aromatic rings. The van der Waals surface area contributed by atoms with E-state index in [0.717, 1.165) is 30.9 Å². The Hall–Kier alpha value is -1.29. The van der Waals surface area contributed by atoms with Crippen molar-refractivity contribution >= 4 is 5.91 Å². The summed E-state index contributed by atoms with van der Waals surface area (Å²) >= 11 is 0. The number of hydrogen-bond donors (Lipinski definition) is 2. The summed E-state index contributed by atoms with van der Waals surface area (Å²) < 4.78 is 5.64. The average Bonchev–Trinajstić information content (AvgIpc) is 2.96. The Morgan fingerprint density at radius 3 is 2.89 bits per heavy atom. The highest BCUT2D eigenvalue weighted by Crippen LogP contribution is 2.24. The minimum atomic E-state index is -0.178. The number of carbonyl (C=O) groups is 1. The molecule has 1 amide bonds. The number of hydrogen-bond acceptors (Lipinski definition) is 3. The third kappa shape index (κ3) is 2.93. The summed E-state index contributed by atoms with van der Waals surface area (Å²) in [6, 6.07) is 3.92. The maximum atomic E-state index is 11.9. The molecule has 1 aromatic heterocycles. The van der Waals surface area contributed by atoms with Crippen LogP contribution in [0.1, 0.15) is 38.2 Å². The molecule has 0 spiro atoms. The summed E-state index contributed by atoms with van der Waals surface area (Å²) in [4.78, 5) is 11.9. The van der Waals surface area contributed by atoms with Crippen molar-refractivity contribution in [1.29, 1.82) is 0 Å². The molecule has 2 heterocycles. The largest absolute Gasteiger partial charge is 0.466 e. The van der Waals surface area contributed by atoms with Gasteiger partial charge in [0.1, 0.15) is 11.5 Å². The fraction of sp³-hybridized carbons (Fsp3) is 0.643. The van der Waals surface area contributed by atoms with Crippen LogP contribution in [0.5, 0.6) is 0 Å². The fourth-order valence-corrected chi connectivity index (χ4v) is 2.22. The zero-order chi connectivity index (χ0) is 13.2. The number of rotatable bonds is 4. The van der Waals surface area contributed by atoms with Gasteiger partial charge in [-0.15, -0.1) is 0 Å². The van der Waals surface area contributed by atoms with Crippen molar-refractivity contribution in [2.24, 2.45) is 0 Å². The molecule has 0 aromatic carbocycles. The first-order chi connectivity index (χ1) is 8.49. The van der Waals surface area contributed by atoms with E-state index in [1.807, 2.05) is 19.1 Å². The molecule has 1 unspecified atom stereocenters. The molecular weight excluding hydrogens is 228 g/mol. The Morgan fingerprint density at radius 2 is 2.33 bits per heavy atom. The summed E-state index contributed by atoms with van der Waals surface area (Å²) in [5.41, 5.74) is -0.178. The van der Waals surface area contributed by atoms with Crippen LogP contribution >= 0.6 is 0 Å². The van der Waals surface area contributed by atoms with E-state index in [-0.39, 0.29) is 17.4 Å². The lowest BCUT2D eigenvalue weighted by Crippen LogP contribution is -2.44. The molecule has 100 valence electrons. The summed E-state index contributed by atoms with van der Waals surface area (Å²) in [6.07, 6.45) is 2.02. The second-order valence-corrected chi connectivity index (χ2v) is 5.66. The smallest absolute Gasteiger partial charge is 0.237 e. The molecule has 4 nitrogen and oxygen atoms in total. The number of carbonyl (C=O) groups excluding carboxylic acids is 1. The van der Waals surface area contributed by atoms with Crippen LogP contribution in [-0.2, 0) is 10.2 Å². The van der Waals surface area contributed by atoms with E-state index in [1.54, 1.807) is 0 Å². The quantitative estimate of drug-likeness (QED) is 0.855. The molecule has 2 N–H and O–H groups in total. The van der Waals surface area contributed by atoms with Gasteiger partial charge in [-0.3, -0.25) is 4.79 Å². The molecule has 1 atom stereocenters. The first-order valence-electron chi connectivity index (χ1n) is 6.57. The van der Waals surface area contributed by atoms with Gasteiger partial charge in [-0.25, -0.2) is 0 Å².